The molecule has 0 spiro atoms. The van der Waals surface area contributed by atoms with Crippen LogP contribution in [-0.2, 0) is 9.84 Å². The molecule has 1 aromatic heterocycles. The van der Waals surface area contributed by atoms with Gasteiger partial charge in [0.1, 0.15) is 22.7 Å². The van der Waals surface area contributed by atoms with E-state index in [1.165, 1.54) is 18.2 Å². The summed E-state index contributed by atoms with van der Waals surface area (Å²) in [4.78, 5) is 4.17. The van der Waals surface area contributed by atoms with Crippen molar-refractivity contribution in [1.82, 2.24) is 4.57 Å². The summed E-state index contributed by atoms with van der Waals surface area (Å²) in [5.41, 5.74) is 6.64. The van der Waals surface area contributed by atoms with E-state index < -0.39 is 16.0 Å². The zero-order valence-electron chi connectivity index (χ0n) is 14.4. The van der Waals surface area contributed by atoms with Gasteiger partial charge in [-0.05, 0) is 44.5 Å². The fourth-order valence-corrected chi connectivity index (χ4v) is 5.19. The van der Waals surface area contributed by atoms with Crippen LogP contribution in [0.5, 0.6) is 0 Å². The van der Waals surface area contributed by atoms with E-state index in [0.717, 1.165) is 0 Å². The van der Waals surface area contributed by atoms with E-state index in [4.69, 9.17) is 5.73 Å². The molecule has 0 atom stereocenters. The molecule has 7 heteroatoms. The number of hydrogen-bond acceptors (Lipinski definition) is 4. The first-order valence-electron chi connectivity index (χ1n) is 8.48. The third kappa shape index (κ3) is 2.96. The minimum atomic E-state index is -3.85. The fourth-order valence-electron chi connectivity index (χ4n) is 3.60. The number of aliphatic imine (C=N–C) groups is 1. The van der Waals surface area contributed by atoms with Crippen molar-refractivity contribution in [2.45, 2.75) is 47.7 Å². The van der Waals surface area contributed by atoms with E-state index in [-0.39, 0.29) is 21.7 Å². The lowest BCUT2D eigenvalue weighted by atomic mass is 9.94. The lowest BCUT2D eigenvalue weighted by Gasteiger charge is -2.27. The SMILES string of the molecule is C=Cc1c(S(=O)(=O)c2ccccc2)c(N)n(C2CCC(F)CC2)c1N=C. The number of hydrogen-bond donors (Lipinski definition) is 1. The number of nitrogen functional groups attached to an aromatic ring is 1. The molecular weight excluding hydrogens is 353 g/mol. The zero-order chi connectivity index (χ0) is 18.9. The minimum absolute atomic E-state index is 0.0107. The van der Waals surface area contributed by atoms with Crippen LogP contribution in [0.25, 0.3) is 6.08 Å². The lowest BCUT2D eigenvalue weighted by molar-refractivity contribution is 0.210. The zero-order valence-corrected chi connectivity index (χ0v) is 15.3. The van der Waals surface area contributed by atoms with E-state index >= 15 is 0 Å². The first kappa shape index (κ1) is 18.4. The maximum atomic E-state index is 13.5. The Hall–Kier alpha value is -2.41. The maximum absolute atomic E-state index is 13.5. The molecule has 2 aromatic rings. The van der Waals surface area contributed by atoms with Gasteiger partial charge >= 0.3 is 0 Å². The molecule has 1 saturated carbocycles. The van der Waals surface area contributed by atoms with Crippen LogP contribution in [0.2, 0.25) is 0 Å². The molecular formula is C19H22FN3O2S. The molecule has 3 rings (SSSR count). The highest BCUT2D eigenvalue weighted by molar-refractivity contribution is 7.91. The third-order valence-corrected chi connectivity index (χ3v) is 6.73. The van der Waals surface area contributed by atoms with Gasteiger partial charge in [-0.3, -0.25) is 0 Å². The molecule has 0 aliphatic heterocycles. The Kier molecular flexibility index (Phi) is 5.00. The fraction of sp³-hybridized carbons (Fsp3) is 0.316. The predicted octanol–water partition coefficient (Wildman–Crippen LogP) is 4.33. The number of rotatable bonds is 5. The molecule has 1 aliphatic carbocycles. The van der Waals surface area contributed by atoms with Crippen LogP contribution in [0, 0.1) is 0 Å². The summed E-state index contributed by atoms with van der Waals surface area (Å²) in [6, 6.07) is 7.99. The average molecular weight is 375 g/mol. The van der Waals surface area contributed by atoms with Gasteiger partial charge in [0.2, 0.25) is 9.84 Å². The summed E-state index contributed by atoms with van der Waals surface area (Å²) in [6.45, 7) is 7.31. The molecule has 26 heavy (non-hydrogen) atoms. The Balaban J connectivity index is 2.21. The van der Waals surface area contributed by atoms with Crippen molar-refractivity contribution in [2.75, 3.05) is 5.73 Å². The minimum Gasteiger partial charge on any atom is -0.384 e. The van der Waals surface area contributed by atoms with Crippen LogP contribution in [0.4, 0.5) is 16.0 Å². The molecule has 138 valence electrons. The van der Waals surface area contributed by atoms with Crippen LogP contribution in [0.1, 0.15) is 37.3 Å². The first-order valence-corrected chi connectivity index (χ1v) is 9.97. The summed E-state index contributed by atoms with van der Waals surface area (Å²) < 4.78 is 41.6. The van der Waals surface area contributed by atoms with E-state index in [1.807, 2.05) is 0 Å². The molecule has 0 saturated heterocycles. The van der Waals surface area contributed by atoms with Gasteiger partial charge in [0, 0.05) is 11.6 Å². The third-order valence-electron chi connectivity index (χ3n) is 4.87. The Labute approximate surface area is 153 Å². The van der Waals surface area contributed by atoms with Gasteiger partial charge in [0.25, 0.3) is 0 Å². The van der Waals surface area contributed by atoms with Crippen molar-refractivity contribution >= 4 is 34.3 Å². The highest BCUT2D eigenvalue weighted by Gasteiger charge is 2.33. The number of alkyl halides is 1. The number of benzene rings is 1. The number of nitrogens with two attached hydrogens (primary N) is 1. The molecule has 0 bridgehead atoms. The standard InChI is InChI=1S/C19H22FN3O2S/c1-3-16-17(26(24,25)15-7-5-4-6-8-15)18(21)23(19(16)22-2)14-11-9-13(20)10-12-14/h3-8,13-14H,1-2,9-12,21H2. The number of halogens is 1. The van der Waals surface area contributed by atoms with Gasteiger partial charge in [0.05, 0.1) is 4.90 Å². The topological polar surface area (TPSA) is 77.5 Å². The van der Waals surface area contributed by atoms with Gasteiger partial charge in [-0.2, -0.15) is 0 Å². The second-order valence-electron chi connectivity index (χ2n) is 6.41. The van der Waals surface area contributed by atoms with E-state index in [9.17, 15) is 12.8 Å². The summed E-state index contributed by atoms with van der Waals surface area (Å²) in [5.74, 6) is 0.475. The smallest absolute Gasteiger partial charge is 0.210 e. The monoisotopic (exact) mass is 375 g/mol. The Morgan fingerprint density at radius 2 is 1.81 bits per heavy atom. The molecule has 1 fully saturated rings. The Morgan fingerprint density at radius 3 is 2.35 bits per heavy atom. The highest BCUT2D eigenvalue weighted by Crippen LogP contribution is 2.44. The second kappa shape index (κ2) is 7.07. The van der Waals surface area contributed by atoms with Crippen LogP contribution in [0.15, 0.2) is 51.7 Å². The molecule has 1 heterocycles. The van der Waals surface area contributed by atoms with E-state index in [0.29, 0.717) is 37.1 Å². The van der Waals surface area contributed by atoms with Crippen LogP contribution in [-0.4, -0.2) is 25.9 Å². The molecule has 5 nitrogen and oxygen atoms in total. The summed E-state index contributed by atoms with van der Waals surface area (Å²) >= 11 is 0. The van der Waals surface area contributed by atoms with Crippen molar-refractivity contribution < 1.29 is 12.8 Å². The van der Waals surface area contributed by atoms with Crippen LogP contribution >= 0.6 is 0 Å². The largest absolute Gasteiger partial charge is 0.384 e. The highest BCUT2D eigenvalue weighted by atomic mass is 32.2. The van der Waals surface area contributed by atoms with Gasteiger partial charge in [-0.15, -0.1) is 0 Å². The number of anilines is 1. The van der Waals surface area contributed by atoms with Crippen molar-refractivity contribution in [3.63, 3.8) is 0 Å². The van der Waals surface area contributed by atoms with Crippen molar-refractivity contribution in [3.8, 4) is 0 Å². The molecule has 0 unspecified atom stereocenters. The number of aromatic nitrogens is 1. The van der Waals surface area contributed by atoms with E-state index in [1.54, 1.807) is 22.8 Å². The Morgan fingerprint density at radius 1 is 1.19 bits per heavy atom. The van der Waals surface area contributed by atoms with Crippen LogP contribution in [0.3, 0.4) is 0 Å². The molecule has 0 amide bonds. The summed E-state index contributed by atoms with van der Waals surface area (Å²) in [6.07, 6.45) is 2.60. The molecule has 0 radical (unpaired) electrons. The first-order chi connectivity index (χ1) is 12.4. The van der Waals surface area contributed by atoms with Crippen LogP contribution < -0.4 is 5.73 Å². The van der Waals surface area contributed by atoms with Crippen molar-refractivity contribution in [2.24, 2.45) is 4.99 Å². The number of sulfone groups is 1. The quantitative estimate of drug-likeness (QED) is 0.790. The molecule has 1 aliphatic rings. The second-order valence-corrected chi connectivity index (χ2v) is 8.29. The van der Waals surface area contributed by atoms with Crippen molar-refractivity contribution in [1.29, 1.82) is 0 Å². The number of nitrogens with zero attached hydrogens (tertiary/aromatic N) is 2. The van der Waals surface area contributed by atoms with Gasteiger partial charge in [-0.1, -0.05) is 30.9 Å². The van der Waals surface area contributed by atoms with Gasteiger partial charge in [-0.25, -0.2) is 17.8 Å². The summed E-state index contributed by atoms with van der Waals surface area (Å²) in [5, 5.41) is 0. The lowest BCUT2D eigenvalue weighted by Crippen LogP contribution is -2.20. The average Bonchev–Trinajstić information content (AvgIpc) is 2.95. The van der Waals surface area contributed by atoms with Gasteiger partial charge < -0.3 is 10.3 Å². The summed E-state index contributed by atoms with van der Waals surface area (Å²) in [7, 11) is -3.85. The van der Waals surface area contributed by atoms with Gasteiger partial charge in [0.15, 0.2) is 0 Å². The predicted molar refractivity (Wildman–Crippen MR) is 102 cm³/mol. The van der Waals surface area contributed by atoms with E-state index in [2.05, 4.69) is 18.3 Å². The van der Waals surface area contributed by atoms with Crippen molar-refractivity contribution in [3.05, 3.63) is 42.5 Å². The normalized spacial score (nSPS) is 20.7. The maximum Gasteiger partial charge on any atom is 0.210 e. The Bertz CT molecular complexity index is 927. The molecule has 2 N–H and O–H groups in total. The molecule has 1 aromatic carbocycles.